The quantitative estimate of drug-likeness (QED) is 0.292. The molecule has 1 aromatic rings. The Bertz CT molecular complexity index is 1410. The maximum absolute atomic E-state index is 15.9. The Balaban J connectivity index is 1.47. The second-order valence-electron chi connectivity index (χ2n) is 13.3. The first kappa shape index (κ1) is 28.9. The second kappa shape index (κ2) is 11.1. The van der Waals surface area contributed by atoms with Crippen LogP contribution < -0.4 is 4.90 Å². The van der Waals surface area contributed by atoms with E-state index in [1.807, 2.05) is 0 Å². The fraction of sp³-hybridized carbons (Fsp3) is 0.583. The SMILES string of the molecule is CC#C[C@]1(C(=O)COC(C)=O)CC[C@H]2[C@@H]3CC(F)C4=CC(=O)CCC4=C3[C@@H](c3ccc(N4CCCCC4)cc3)C[C@@]21C. The molecule has 0 bridgehead atoms. The molecular weight excluding hydrogens is 529 g/mol. The number of piperidine rings is 1. The molecule has 1 saturated heterocycles. The number of hydrogen-bond acceptors (Lipinski definition) is 5. The van der Waals surface area contributed by atoms with Crippen LogP contribution in [0, 0.1) is 34.5 Å². The van der Waals surface area contributed by atoms with Gasteiger partial charge in [0.25, 0.3) is 0 Å². The lowest BCUT2D eigenvalue weighted by molar-refractivity contribution is -0.150. The average Bonchev–Trinajstić information content (AvgIpc) is 3.29. The first-order valence-corrected chi connectivity index (χ1v) is 15.8. The summed E-state index contributed by atoms with van der Waals surface area (Å²) in [7, 11) is 0. The Morgan fingerprint density at radius 3 is 2.55 bits per heavy atom. The first-order chi connectivity index (χ1) is 20.2. The molecule has 6 heteroatoms. The molecule has 0 aromatic heterocycles. The monoisotopic (exact) mass is 571 g/mol. The summed E-state index contributed by atoms with van der Waals surface area (Å²) >= 11 is 0. The topological polar surface area (TPSA) is 63.7 Å². The van der Waals surface area contributed by atoms with Crippen molar-refractivity contribution in [3.05, 3.63) is 52.6 Å². The van der Waals surface area contributed by atoms with Gasteiger partial charge in [-0.2, -0.15) is 0 Å². The third-order valence-corrected chi connectivity index (χ3v) is 11.2. The highest BCUT2D eigenvalue weighted by Crippen LogP contribution is 2.69. The summed E-state index contributed by atoms with van der Waals surface area (Å²) in [5.74, 6) is 5.81. The van der Waals surface area contributed by atoms with Crippen LogP contribution in [-0.2, 0) is 19.1 Å². The normalized spacial score (nSPS) is 34.0. The molecule has 6 rings (SSSR count). The van der Waals surface area contributed by atoms with E-state index in [1.165, 1.54) is 43.0 Å². The molecule has 6 atom stereocenters. The number of ketones is 2. The minimum Gasteiger partial charge on any atom is -0.458 e. The largest absolute Gasteiger partial charge is 0.458 e. The minimum atomic E-state index is -1.19. The molecule has 2 saturated carbocycles. The number of halogens is 1. The molecule has 1 heterocycles. The van der Waals surface area contributed by atoms with Gasteiger partial charge >= 0.3 is 5.97 Å². The summed E-state index contributed by atoms with van der Waals surface area (Å²) in [6, 6.07) is 8.89. The Labute approximate surface area is 248 Å². The molecule has 5 aliphatic rings. The van der Waals surface area contributed by atoms with Crippen molar-refractivity contribution >= 4 is 23.2 Å². The van der Waals surface area contributed by atoms with E-state index >= 15 is 4.39 Å². The zero-order valence-electron chi connectivity index (χ0n) is 25.1. The van der Waals surface area contributed by atoms with Crippen molar-refractivity contribution in [2.75, 3.05) is 24.6 Å². The second-order valence-corrected chi connectivity index (χ2v) is 13.3. The maximum atomic E-state index is 15.9. The molecule has 0 amide bonds. The highest BCUT2D eigenvalue weighted by molar-refractivity contribution is 5.93. The van der Waals surface area contributed by atoms with Gasteiger partial charge in [-0.05, 0) is 110 Å². The van der Waals surface area contributed by atoms with Crippen LogP contribution in [0.4, 0.5) is 10.1 Å². The number of nitrogens with zero attached hydrogens (tertiary/aromatic N) is 1. The molecule has 1 unspecified atom stereocenters. The van der Waals surface area contributed by atoms with Crippen LogP contribution in [0.25, 0.3) is 0 Å². The third-order valence-electron chi connectivity index (χ3n) is 11.2. The number of hydrogen-bond donors (Lipinski definition) is 0. The van der Waals surface area contributed by atoms with Crippen molar-refractivity contribution in [1.82, 2.24) is 0 Å². The van der Waals surface area contributed by atoms with Gasteiger partial charge in [-0.3, -0.25) is 14.4 Å². The van der Waals surface area contributed by atoms with Crippen LogP contribution in [-0.4, -0.2) is 43.4 Å². The molecular formula is C36H42FNO4. The van der Waals surface area contributed by atoms with E-state index in [1.54, 1.807) is 13.0 Å². The van der Waals surface area contributed by atoms with Crippen LogP contribution in [0.3, 0.4) is 0 Å². The summed E-state index contributed by atoms with van der Waals surface area (Å²) < 4.78 is 21.2. The van der Waals surface area contributed by atoms with E-state index in [9.17, 15) is 14.4 Å². The zero-order valence-corrected chi connectivity index (χ0v) is 25.1. The molecule has 5 nitrogen and oxygen atoms in total. The van der Waals surface area contributed by atoms with Crippen molar-refractivity contribution < 1.29 is 23.5 Å². The number of carbonyl (C=O) groups excluding carboxylic acids is 3. The number of allylic oxidation sites excluding steroid dienone is 4. The van der Waals surface area contributed by atoms with Gasteiger partial charge in [0.2, 0.25) is 0 Å². The molecule has 0 N–H and O–H groups in total. The summed E-state index contributed by atoms with van der Waals surface area (Å²) in [5, 5.41) is 0. The molecule has 3 fully saturated rings. The van der Waals surface area contributed by atoms with Crippen molar-refractivity contribution in [3.8, 4) is 11.8 Å². The lowest BCUT2D eigenvalue weighted by atomic mass is 9.48. The number of benzene rings is 1. The fourth-order valence-electron chi connectivity index (χ4n) is 9.27. The molecule has 1 aromatic carbocycles. The maximum Gasteiger partial charge on any atom is 0.303 e. The number of Topliss-reactive ketones (excluding diaryl/α,β-unsaturated/α-hetero) is 1. The van der Waals surface area contributed by atoms with E-state index in [0.717, 1.165) is 25.1 Å². The van der Waals surface area contributed by atoms with Gasteiger partial charge in [0.1, 0.15) is 6.17 Å². The molecule has 0 radical (unpaired) electrons. The highest BCUT2D eigenvalue weighted by Gasteiger charge is 2.66. The van der Waals surface area contributed by atoms with E-state index < -0.39 is 23.0 Å². The lowest BCUT2D eigenvalue weighted by Gasteiger charge is -2.55. The van der Waals surface area contributed by atoms with Gasteiger partial charge in [0.15, 0.2) is 18.2 Å². The van der Waals surface area contributed by atoms with E-state index in [2.05, 4.69) is 47.9 Å². The van der Waals surface area contributed by atoms with Gasteiger partial charge < -0.3 is 9.64 Å². The van der Waals surface area contributed by atoms with Crippen LogP contribution in [0.5, 0.6) is 0 Å². The fourth-order valence-corrected chi connectivity index (χ4v) is 9.27. The van der Waals surface area contributed by atoms with E-state index in [0.29, 0.717) is 37.7 Å². The van der Waals surface area contributed by atoms with Gasteiger partial charge in [-0.15, -0.1) is 5.92 Å². The van der Waals surface area contributed by atoms with Crippen molar-refractivity contribution in [1.29, 1.82) is 0 Å². The summed E-state index contributed by atoms with van der Waals surface area (Å²) in [6.07, 6.45) is 7.43. The molecule has 1 aliphatic heterocycles. The van der Waals surface area contributed by atoms with Gasteiger partial charge in [-0.1, -0.05) is 30.6 Å². The van der Waals surface area contributed by atoms with E-state index in [-0.39, 0.29) is 35.9 Å². The number of carbonyl (C=O) groups is 3. The first-order valence-electron chi connectivity index (χ1n) is 15.8. The minimum absolute atomic E-state index is 0.00713. The number of fused-ring (bicyclic) bond motifs is 4. The Kier molecular flexibility index (Phi) is 7.66. The van der Waals surface area contributed by atoms with Crippen LogP contribution in [0.1, 0.15) is 90.0 Å². The predicted octanol–water partition coefficient (Wildman–Crippen LogP) is 6.67. The standard InChI is InChI=1S/C36H42FNO4/c1-4-15-36(33(41)22-42-23(2)39)16-14-31-29-20-32(37)28-19-26(40)12-13-27(28)34(29)30(21-35(31,36)3)24-8-10-25(11-9-24)38-17-6-5-7-18-38/h8-11,19,29-32H,5-7,12-14,16-18,20-22H2,1-3H3/t29-,30+,31-,32?,35-,36+/m0/s1. The number of ether oxygens (including phenoxy) is 1. The Morgan fingerprint density at radius 1 is 1.12 bits per heavy atom. The van der Waals surface area contributed by atoms with Crippen molar-refractivity contribution in [2.24, 2.45) is 22.7 Å². The van der Waals surface area contributed by atoms with Crippen molar-refractivity contribution in [3.63, 3.8) is 0 Å². The number of anilines is 1. The number of rotatable bonds is 5. The average molecular weight is 572 g/mol. The summed E-state index contributed by atoms with van der Waals surface area (Å²) in [5.41, 5.74) is 3.82. The highest BCUT2D eigenvalue weighted by atomic mass is 19.1. The smallest absolute Gasteiger partial charge is 0.303 e. The third kappa shape index (κ3) is 4.64. The van der Waals surface area contributed by atoms with Crippen LogP contribution in [0.2, 0.25) is 0 Å². The molecule has 42 heavy (non-hydrogen) atoms. The Hall–Kier alpha value is -3.20. The molecule has 222 valence electrons. The summed E-state index contributed by atoms with van der Waals surface area (Å²) in [4.78, 5) is 40.4. The lowest BCUT2D eigenvalue weighted by Crippen LogP contribution is -2.52. The van der Waals surface area contributed by atoms with Gasteiger partial charge in [0, 0.05) is 38.0 Å². The summed E-state index contributed by atoms with van der Waals surface area (Å²) in [6.45, 7) is 7.11. The number of esters is 1. The Morgan fingerprint density at radius 2 is 1.86 bits per heavy atom. The number of alkyl halides is 1. The zero-order chi connectivity index (χ0) is 29.6. The molecule has 4 aliphatic carbocycles. The van der Waals surface area contributed by atoms with E-state index in [4.69, 9.17) is 4.74 Å². The van der Waals surface area contributed by atoms with Crippen LogP contribution in [0.15, 0.2) is 47.1 Å². The molecule has 0 spiro atoms. The van der Waals surface area contributed by atoms with Crippen molar-refractivity contribution in [2.45, 2.75) is 90.6 Å². The van der Waals surface area contributed by atoms with Crippen LogP contribution >= 0.6 is 0 Å². The van der Waals surface area contributed by atoms with Gasteiger partial charge in [0.05, 0.1) is 5.41 Å². The predicted molar refractivity (Wildman–Crippen MR) is 161 cm³/mol. The van der Waals surface area contributed by atoms with Gasteiger partial charge in [-0.25, -0.2) is 4.39 Å².